The Labute approximate surface area is 233 Å². The third kappa shape index (κ3) is 8.35. The lowest BCUT2D eigenvalue weighted by atomic mass is 10.1. The highest BCUT2D eigenvalue weighted by atomic mass is 19.1. The zero-order valence-corrected chi connectivity index (χ0v) is 23.8. The number of halogens is 1. The van der Waals surface area contributed by atoms with Crippen LogP contribution in [0.5, 0.6) is 0 Å². The first-order valence-corrected chi connectivity index (χ1v) is 13.2. The number of nitrogens with zero attached hydrogens (tertiary/aromatic N) is 3. The van der Waals surface area contributed by atoms with E-state index in [0.717, 1.165) is 39.0 Å². The van der Waals surface area contributed by atoms with Crippen molar-refractivity contribution in [1.29, 1.82) is 0 Å². The van der Waals surface area contributed by atoms with Crippen LogP contribution in [0.2, 0.25) is 0 Å². The lowest BCUT2D eigenvalue weighted by molar-refractivity contribution is 0.0696. The van der Waals surface area contributed by atoms with E-state index in [1.807, 2.05) is 28.2 Å². The van der Waals surface area contributed by atoms with Crippen molar-refractivity contribution in [3.05, 3.63) is 69.3 Å². The maximum atomic E-state index is 14.1. The SMILES string of the molecule is CNc1cc(F)cc2cc(C(=O)Nc3ccc(C(=O)O)cc3CN(CCCN(C)C)CCCN(C)C)c(=O)[nH]c12. The molecule has 11 heteroatoms. The van der Waals surface area contributed by atoms with Gasteiger partial charge in [-0.25, -0.2) is 9.18 Å². The van der Waals surface area contributed by atoms with Gasteiger partial charge in [0.05, 0.1) is 16.8 Å². The number of benzene rings is 2. The van der Waals surface area contributed by atoms with Gasteiger partial charge < -0.3 is 30.5 Å². The van der Waals surface area contributed by atoms with Crippen LogP contribution in [0, 0.1) is 5.82 Å². The van der Waals surface area contributed by atoms with Crippen LogP contribution < -0.4 is 16.2 Å². The van der Waals surface area contributed by atoms with Gasteiger partial charge in [0.15, 0.2) is 0 Å². The Bertz CT molecular complexity index is 1390. The number of fused-ring (bicyclic) bond motifs is 1. The molecule has 0 saturated carbocycles. The third-order valence-corrected chi connectivity index (χ3v) is 6.58. The highest BCUT2D eigenvalue weighted by molar-refractivity contribution is 6.07. The number of carboxylic acid groups (broad SMARTS) is 1. The Hall–Kier alpha value is -3.80. The first-order chi connectivity index (χ1) is 19.0. The minimum absolute atomic E-state index is 0.105. The van der Waals surface area contributed by atoms with E-state index in [4.69, 9.17) is 0 Å². The second kappa shape index (κ2) is 14.0. The summed E-state index contributed by atoms with van der Waals surface area (Å²) in [5.41, 5.74) is 1.14. The lowest BCUT2D eigenvalue weighted by Crippen LogP contribution is -2.30. The summed E-state index contributed by atoms with van der Waals surface area (Å²) in [7, 11) is 9.68. The lowest BCUT2D eigenvalue weighted by Gasteiger charge is -2.25. The molecule has 0 fully saturated rings. The number of hydrogen-bond donors (Lipinski definition) is 4. The number of aromatic nitrogens is 1. The van der Waals surface area contributed by atoms with Crippen molar-refractivity contribution >= 4 is 34.2 Å². The van der Waals surface area contributed by atoms with Crippen LogP contribution in [0.1, 0.15) is 39.1 Å². The quantitative estimate of drug-likeness (QED) is 0.239. The van der Waals surface area contributed by atoms with E-state index in [0.29, 0.717) is 34.4 Å². The molecule has 0 aliphatic carbocycles. The number of nitrogens with one attached hydrogen (secondary N) is 3. The normalized spacial score (nSPS) is 11.5. The predicted molar refractivity (Wildman–Crippen MR) is 157 cm³/mol. The van der Waals surface area contributed by atoms with Crippen molar-refractivity contribution in [2.75, 3.05) is 72.1 Å². The molecular weight excluding hydrogens is 515 g/mol. The van der Waals surface area contributed by atoms with E-state index in [9.17, 15) is 23.9 Å². The van der Waals surface area contributed by atoms with Crippen molar-refractivity contribution in [3.8, 4) is 0 Å². The average molecular weight is 555 g/mol. The van der Waals surface area contributed by atoms with Crippen LogP contribution in [-0.2, 0) is 6.54 Å². The number of carbonyl (C=O) groups excluding carboxylic acids is 1. The van der Waals surface area contributed by atoms with Crippen LogP contribution in [0.15, 0.2) is 41.2 Å². The number of carboxylic acids is 1. The monoisotopic (exact) mass is 554 g/mol. The summed E-state index contributed by atoms with van der Waals surface area (Å²) in [6.07, 6.45) is 1.85. The molecule has 0 aliphatic rings. The summed E-state index contributed by atoms with van der Waals surface area (Å²) >= 11 is 0. The van der Waals surface area contributed by atoms with Gasteiger partial charge in [0, 0.05) is 24.7 Å². The molecule has 0 aliphatic heterocycles. The molecule has 2 aromatic carbocycles. The van der Waals surface area contributed by atoms with Gasteiger partial charge >= 0.3 is 5.97 Å². The third-order valence-electron chi connectivity index (χ3n) is 6.58. The Morgan fingerprint density at radius 3 is 2.15 bits per heavy atom. The minimum atomic E-state index is -1.07. The molecule has 3 rings (SSSR count). The van der Waals surface area contributed by atoms with E-state index < -0.39 is 23.3 Å². The maximum Gasteiger partial charge on any atom is 0.335 e. The highest BCUT2D eigenvalue weighted by Crippen LogP contribution is 2.24. The van der Waals surface area contributed by atoms with Crippen molar-refractivity contribution < 1.29 is 19.1 Å². The Balaban J connectivity index is 1.92. The molecule has 10 nitrogen and oxygen atoms in total. The number of aromatic amines is 1. The molecule has 0 saturated heterocycles. The summed E-state index contributed by atoms with van der Waals surface area (Å²) in [6, 6.07) is 8.38. The van der Waals surface area contributed by atoms with Crippen molar-refractivity contribution in [2.24, 2.45) is 0 Å². The fraction of sp³-hybridized carbons (Fsp3) is 0.414. The van der Waals surface area contributed by atoms with Gasteiger partial charge in [-0.15, -0.1) is 0 Å². The molecule has 0 spiro atoms. The first kappa shape index (κ1) is 30.7. The molecular formula is C29H39FN6O4. The molecule has 3 aromatic rings. The molecule has 4 N–H and O–H groups in total. The molecule has 40 heavy (non-hydrogen) atoms. The van der Waals surface area contributed by atoms with E-state index in [1.165, 1.54) is 24.3 Å². The summed E-state index contributed by atoms with van der Waals surface area (Å²) < 4.78 is 14.1. The molecule has 1 aromatic heterocycles. The molecule has 1 heterocycles. The maximum absolute atomic E-state index is 14.1. The molecule has 0 unspecified atom stereocenters. The molecule has 216 valence electrons. The topological polar surface area (TPSA) is 121 Å². The van der Waals surface area contributed by atoms with Crippen LogP contribution in [-0.4, -0.2) is 98.1 Å². The smallest absolute Gasteiger partial charge is 0.335 e. The number of anilines is 2. The van der Waals surface area contributed by atoms with Crippen LogP contribution in [0.4, 0.5) is 15.8 Å². The zero-order chi connectivity index (χ0) is 29.4. The van der Waals surface area contributed by atoms with Gasteiger partial charge in [0.2, 0.25) is 0 Å². The number of pyridine rings is 1. The van der Waals surface area contributed by atoms with Gasteiger partial charge in [-0.1, -0.05) is 0 Å². The molecule has 0 atom stereocenters. The number of aromatic carboxylic acids is 1. The second-order valence-electron chi connectivity index (χ2n) is 10.4. The Kier molecular flexibility index (Phi) is 10.8. The Morgan fingerprint density at radius 1 is 0.925 bits per heavy atom. The van der Waals surface area contributed by atoms with Crippen LogP contribution >= 0.6 is 0 Å². The number of hydrogen-bond acceptors (Lipinski definition) is 7. The largest absolute Gasteiger partial charge is 0.478 e. The summed E-state index contributed by atoms with van der Waals surface area (Å²) in [4.78, 5) is 47.0. The van der Waals surface area contributed by atoms with Gasteiger partial charge in [0.25, 0.3) is 11.5 Å². The van der Waals surface area contributed by atoms with E-state index in [2.05, 4.69) is 30.3 Å². The number of amides is 1. The average Bonchev–Trinajstić information content (AvgIpc) is 2.88. The van der Waals surface area contributed by atoms with Crippen LogP contribution in [0.3, 0.4) is 0 Å². The molecule has 0 bridgehead atoms. The Morgan fingerprint density at radius 2 is 1.57 bits per heavy atom. The fourth-order valence-electron chi connectivity index (χ4n) is 4.55. The van der Waals surface area contributed by atoms with Crippen molar-refractivity contribution in [2.45, 2.75) is 19.4 Å². The second-order valence-corrected chi connectivity index (χ2v) is 10.4. The van der Waals surface area contributed by atoms with Gasteiger partial charge in [-0.2, -0.15) is 0 Å². The number of H-pyrrole nitrogens is 1. The summed E-state index contributed by atoms with van der Waals surface area (Å²) in [6.45, 7) is 3.81. The van der Waals surface area contributed by atoms with Crippen molar-refractivity contribution in [1.82, 2.24) is 19.7 Å². The molecule has 1 amide bonds. The van der Waals surface area contributed by atoms with Gasteiger partial charge in [0.1, 0.15) is 11.4 Å². The van der Waals surface area contributed by atoms with Crippen molar-refractivity contribution in [3.63, 3.8) is 0 Å². The predicted octanol–water partition coefficient (Wildman–Crippen LogP) is 3.36. The summed E-state index contributed by atoms with van der Waals surface area (Å²) in [5.74, 6) is -2.25. The first-order valence-electron chi connectivity index (χ1n) is 13.2. The summed E-state index contributed by atoms with van der Waals surface area (Å²) in [5, 5.41) is 15.6. The highest BCUT2D eigenvalue weighted by Gasteiger charge is 2.18. The van der Waals surface area contributed by atoms with Crippen LogP contribution in [0.25, 0.3) is 10.9 Å². The number of carbonyl (C=O) groups is 2. The van der Waals surface area contributed by atoms with Gasteiger partial charge in [-0.05, 0) is 109 Å². The fourth-order valence-corrected chi connectivity index (χ4v) is 4.55. The van der Waals surface area contributed by atoms with E-state index in [-0.39, 0.29) is 11.1 Å². The zero-order valence-electron chi connectivity index (χ0n) is 23.8. The number of rotatable bonds is 14. The van der Waals surface area contributed by atoms with E-state index in [1.54, 1.807) is 19.2 Å². The minimum Gasteiger partial charge on any atom is -0.478 e. The standard InChI is InChI=1S/C29H39FN6O4/c1-31-25-17-22(30)15-20-16-23(28(38)33-26(20)25)27(37)32-24-9-8-19(29(39)40)14-21(24)18-36(12-6-10-34(2)3)13-7-11-35(4)5/h8-9,14-17,31H,6-7,10-13,18H2,1-5H3,(H,32,37)(H,33,38)(H,39,40). The molecule has 0 radical (unpaired) electrons. The van der Waals surface area contributed by atoms with E-state index >= 15 is 0 Å². The van der Waals surface area contributed by atoms with Gasteiger partial charge in [-0.3, -0.25) is 14.5 Å².